The van der Waals surface area contributed by atoms with E-state index in [2.05, 4.69) is 32.3 Å². The maximum atomic E-state index is 11.9. The molecule has 1 atom stereocenters. The third-order valence-corrected chi connectivity index (χ3v) is 10.9. The first kappa shape index (κ1) is 16.3. The van der Waals surface area contributed by atoms with E-state index in [1.807, 2.05) is 20.8 Å². The topological polar surface area (TPSA) is 53.4 Å². The van der Waals surface area contributed by atoms with Crippen molar-refractivity contribution >= 4 is 13.4 Å². The predicted molar refractivity (Wildman–Crippen MR) is 87.4 cm³/mol. The van der Waals surface area contributed by atoms with E-state index in [4.69, 9.17) is 9.47 Å². The molecule has 2 heterocycles. The average Bonchev–Trinajstić information content (AvgIpc) is 2.69. The van der Waals surface area contributed by atoms with Crippen LogP contribution in [0.25, 0.3) is 0 Å². The number of carbonyl (C=O) groups is 1. The molecule has 1 unspecified atom stereocenters. The first-order valence-corrected chi connectivity index (χ1v) is 10.4. The zero-order valence-corrected chi connectivity index (χ0v) is 15.1. The Labute approximate surface area is 127 Å². The number of hydrogen-bond acceptors (Lipinski definition) is 4. The van der Waals surface area contributed by atoms with Crippen LogP contribution < -0.4 is 4.74 Å². The molecule has 1 fully saturated rings. The summed E-state index contributed by atoms with van der Waals surface area (Å²) >= 11 is 0. The van der Waals surface area contributed by atoms with Crippen LogP contribution in [-0.4, -0.2) is 52.2 Å². The van der Waals surface area contributed by atoms with E-state index in [1.54, 1.807) is 12.3 Å². The third kappa shape index (κ3) is 3.23. The van der Waals surface area contributed by atoms with Crippen molar-refractivity contribution in [2.45, 2.75) is 51.0 Å². The molecule has 0 aromatic carbocycles. The van der Waals surface area contributed by atoms with E-state index in [-0.39, 0.29) is 0 Å². The van der Waals surface area contributed by atoms with Gasteiger partial charge in [0.05, 0.1) is 0 Å². The summed E-state index contributed by atoms with van der Waals surface area (Å²) < 4.78 is 12.2. The monoisotopic (exact) mass is 314 g/mol. The summed E-state index contributed by atoms with van der Waals surface area (Å²) in [4.78, 5) is 11.9. The van der Waals surface area contributed by atoms with Gasteiger partial charge >= 0.3 is 127 Å². The van der Waals surface area contributed by atoms with Crippen molar-refractivity contribution in [2.75, 3.05) is 19.9 Å². The molecule has 0 saturated carbocycles. The molecule has 0 radical (unpaired) electrons. The normalized spacial score (nSPS) is 24.2. The van der Waals surface area contributed by atoms with Gasteiger partial charge in [-0.2, -0.15) is 0 Å². The van der Waals surface area contributed by atoms with Crippen molar-refractivity contribution in [3.63, 3.8) is 0 Å². The van der Waals surface area contributed by atoms with Crippen LogP contribution in [-0.2, 0) is 4.74 Å². The number of nitrogens with zero attached hydrogens (tertiary/aromatic N) is 2. The van der Waals surface area contributed by atoms with Gasteiger partial charge in [0, 0.05) is 0 Å². The minimum absolute atomic E-state index is 0.417. The quantitative estimate of drug-likeness (QED) is 0.804. The van der Waals surface area contributed by atoms with Crippen molar-refractivity contribution in [3.05, 3.63) is 12.3 Å². The Morgan fingerprint density at radius 2 is 2.00 bits per heavy atom. The van der Waals surface area contributed by atoms with Gasteiger partial charge in [-0.05, 0) is 0 Å². The van der Waals surface area contributed by atoms with E-state index < -0.39 is 19.0 Å². The summed E-state index contributed by atoms with van der Waals surface area (Å²) in [5.41, 5.74) is 0.106. The van der Waals surface area contributed by atoms with Crippen LogP contribution in [0, 0.1) is 0 Å². The fourth-order valence-corrected chi connectivity index (χ4v) is 6.83. The van der Waals surface area contributed by atoms with Gasteiger partial charge in [0.1, 0.15) is 0 Å². The van der Waals surface area contributed by atoms with Crippen LogP contribution in [0.4, 0.5) is 4.79 Å². The van der Waals surface area contributed by atoms with Crippen LogP contribution in [0.5, 0.6) is 5.88 Å². The molecule has 6 heteroatoms. The Morgan fingerprint density at radius 3 is 2.48 bits per heavy atom. The number of carbonyl (C=O) groups excluding carboxylic acids is 1. The molecule has 1 aromatic rings. The summed E-state index contributed by atoms with van der Waals surface area (Å²) in [6.45, 7) is 15.6. The molecule has 1 aliphatic rings. The number of rotatable bonds is 3. The second kappa shape index (κ2) is 4.98. The first-order chi connectivity index (χ1) is 9.45. The molecule has 2 rings (SSSR count). The molecule has 0 spiro atoms. The van der Waals surface area contributed by atoms with E-state index in [0.29, 0.717) is 23.3 Å². The maximum absolute atomic E-state index is 11.9. The molecule has 21 heavy (non-hydrogen) atoms. The third-order valence-electron chi connectivity index (χ3n) is 4.86. The summed E-state index contributed by atoms with van der Waals surface area (Å²) in [5.74, 6) is 0.480. The van der Waals surface area contributed by atoms with Crippen LogP contribution in [0.1, 0.15) is 34.6 Å². The number of ether oxygens (including phenoxy) is 2. The molecule has 0 N–H and O–H groups in total. The van der Waals surface area contributed by atoms with Crippen LogP contribution >= 0.6 is 7.26 Å². The SMILES string of the molecule is CC(C)(C)OC(=O)n1ccc(OCC2C(C)(C)[PH]2(C)C)n1. The van der Waals surface area contributed by atoms with Crippen molar-refractivity contribution in [2.24, 2.45) is 0 Å². The second-order valence-corrected chi connectivity index (χ2v) is 13.3. The fourth-order valence-electron chi connectivity index (χ4n) is 2.71. The van der Waals surface area contributed by atoms with Crippen molar-refractivity contribution in [1.82, 2.24) is 9.78 Å². The van der Waals surface area contributed by atoms with E-state index in [1.165, 1.54) is 4.68 Å². The fraction of sp³-hybridized carbons (Fsp3) is 0.733. The number of aromatic nitrogens is 2. The molecule has 5 nitrogen and oxygen atoms in total. The Bertz CT molecular complexity index is 529. The molecule has 0 amide bonds. The molecule has 1 saturated heterocycles. The minimum atomic E-state index is -1.17. The van der Waals surface area contributed by atoms with Crippen LogP contribution in [0.3, 0.4) is 0 Å². The molecule has 1 aliphatic heterocycles. The first-order valence-electron chi connectivity index (χ1n) is 7.37. The van der Waals surface area contributed by atoms with Crippen LogP contribution in [0.2, 0.25) is 0 Å². The van der Waals surface area contributed by atoms with Crippen molar-refractivity contribution < 1.29 is 14.3 Å². The zero-order chi connectivity index (χ0) is 16.1. The van der Waals surface area contributed by atoms with Crippen LogP contribution in [0.15, 0.2) is 12.3 Å². The second-order valence-electron chi connectivity index (χ2n) is 7.89. The average molecular weight is 314 g/mol. The van der Waals surface area contributed by atoms with E-state index in [0.717, 1.165) is 0 Å². The van der Waals surface area contributed by atoms with E-state index in [9.17, 15) is 4.79 Å². The van der Waals surface area contributed by atoms with Crippen molar-refractivity contribution in [1.29, 1.82) is 0 Å². The van der Waals surface area contributed by atoms with E-state index >= 15 is 0 Å². The molecule has 1 aromatic heterocycles. The van der Waals surface area contributed by atoms with Gasteiger partial charge in [0.2, 0.25) is 0 Å². The zero-order valence-electron chi connectivity index (χ0n) is 14.1. The molecule has 0 bridgehead atoms. The van der Waals surface area contributed by atoms with Crippen molar-refractivity contribution in [3.8, 4) is 5.88 Å². The predicted octanol–water partition coefficient (Wildman–Crippen LogP) is 3.22. The summed E-state index contributed by atoms with van der Waals surface area (Å²) in [7, 11) is -1.17. The molecule has 0 aliphatic carbocycles. The van der Waals surface area contributed by atoms with Gasteiger partial charge in [-0.1, -0.05) is 0 Å². The summed E-state index contributed by atoms with van der Waals surface area (Å²) in [5, 5.41) is 4.54. The Morgan fingerprint density at radius 1 is 1.43 bits per heavy atom. The standard InChI is InChI=1S/C15H27N2O3P/c1-14(2,3)20-13(18)17-9-8-12(16-17)19-10-11-15(4,5)21(11,6)7/h8-9,11,21H,10H2,1-7H3. The molecule has 120 valence electrons. The van der Waals surface area contributed by atoms with Gasteiger partial charge < -0.3 is 0 Å². The summed E-state index contributed by atoms with van der Waals surface area (Å²) in [6.07, 6.45) is 1.09. The molecular formula is C15H27N2O3P. The Hall–Kier alpha value is -1.09. The van der Waals surface area contributed by atoms with Gasteiger partial charge in [0.15, 0.2) is 0 Å². The number of hydrogen-bond donors (Lipinski definition) is 0. The Kier molecular flexibility index (Phi) is 3.86. The summed E-state index contributed by atoms with van der Waals surface area (Å²) in [6, 6.07) is 1.70. The van der Waals surface area contributed by atoms with Gasteiger partial charge in [-0.15, -0.1) is 0 Å². The van der Waals surface area contributed by atoms with Gasteiger partial charge in [0.25, 0.3) is 0 Å². The van der Waals surface area contributed by atoms with Gasteiger partial charge in [-0.25, -0.2) is 0 Å². The molecular weight excluding hydrogens is 287 g/mol. The Balaban J connectivity index is 1.91. The van der Waals surface area contributed by atoms with Gasteiger partial charge in [-0.3, -0.25) is 0 Å².